The highest BCUT2D eigenvalue weighted by atomic mass is 19.1. The van der Waals surface area contributed by atoms with Crippen molar-refractivity contribution in [1.82, 2.24) is 0 Å². The van der Waals surface area contributed by atoms with Gasteiger partial charge in [-0.15, -0.1) is 0 Å². The van der Waals surface area contributed by atoms with Crippen LogP contribution in [0.4, 0.5) is 4.39 Å². The molecule has 1 aliphatic heterocycles. The summed E-state index contributed by atoms with van der Waals surface area (Å²) < 4.78 is 19.5. The molecule has 1 nitrogen and oxygen atoms in total. The standard InChI is InChI=1S/C15H13FO/c16-14-9-2-1-7-12(14)13-8-3-5-11-6-4-10-17-15(11)13/h1-3,5,7-9H,4,6,10H2. The minimum atomic E-state index is -0.199. The number of hydrogen-bond acceptors (Lipinski definition) is 1. The van der Waals surface area contributed by atoms with Crippen molar-refractivity contribution in [2.75, 3.05) is 6.61 Å². The van der Waals surface area contributed by atoms with Gasteiger partial charge >= 0.3 is 0 Å². The fraction of sp³-hybridized carbons (Fsp3) is 0.200. The second-order valence-electron chi connectivity index (χ2n) is 4.23. The first-order valence-corrected chi connectivity index (χ1v) is 5.86. The van der Waals surface area contributed by atoms with E-state index in [0.717, 1.165) is 30.8 Å². The molecule has 0 radical (unpaired) electrons. The van der Waals surface area contributed by atoms with E-state index in [2.05, 4.69) is 6.07 Å². The average Bonchev–Trinajstić information content (AvgIpc) is 2.39. The number of benzene rings is 2. The summed E-state index contributed by atoms with van der Waals surface area (Å²) in [4.78, 5) is 0. The van der Waals surface area contributed by atoms with Gasteiger partial charge in [-0.1, -0.05) is 36.4 Å². The van der Waals surface area contributed by atoms with Gasteiger partial charge in [-0.3, -0.25) is 0 Å². The molecule has 0 N–H and O–H groups in total. The Labute approximate surface area is 99.9 Å². The molecule has 0 saturated carbocycles. The lowest BCUT2D eigenvalue weighted by atomic mass is 9.97. The fourth-order valence-corrected chi connectivity index (χ4v) is 2.28. The first kappa shape index (κ1) is 10.3. The van der Waals surface area contributed by atoms with Crippen LogP contribution in [0.25, 0.3) is 11.1 Å². The van der Waals surface area contributed by atoms with Gasteiger partial charge in [0.05, 0.1) is 6.61 Å². The summed E-state index contributed by atoms with van der Waals surface area (Å²) in [5.74, 6) is 0.652. The van der Waals surface area contributed by atoms with Gasteiger partial charge in [0, 0.05) is 11.1 Å². The van der Waals surface area contributed by atoms with Crippen molar-refractivity contribution in [3.63, 3.8) is 0 Å². The molecule has 3 rings (SSSR count). The lowest BCUT2D eigenvalue weighted by Gasteiger charge is -2.20. The molecular weight excluding hydrogens is 215 g/mol. The molecule has 0 aliphatic carbocycles. The Morgan fingerprint density at radius 3 is 2.65 bits per heavy atom. The number of para-hydroxylation sites is 1. The van der Waals surface area contributed by atoms with Crippen molar-refractivity contribution in [2.24, 2.45) is 0 Å². The minimum absolute atomic E-state index is 0.199. The summed E-state index contributed by atoms with van der Waals surface area (Å²) in [6, 6.07) is 12.8. The van der Waals surface area contributed by atoms with Crippen molar-refractivity contribution in [2.45, 2.75) is 12.8 Å². The van der Waals surface area contributed by atoms with Gasteiger partial charge in [-0.2, -0.15) is 0 Å². The highest BCUT2D eigenvalue weighted by Gasteiger charge is 2.16. The first-order valence-electron chi connectivity index (χ1n) is 5.86. The molecular formula is C15H13FO. The Morgan fingerprint density at radius 2 is 1.76 bits per heavy atom. The maximum atomic E-state index is 13.8. The topological polar surface area (TPSA) is 9.23 Å². The van der Waals surface area contributed by atoms with E-state index in [-0.39, 0.29) is 5.82 Å². The van der Waals surface area contributed by atoms with Crippen molar-refractivity contribution in [1.29, 1.82) is 0 Å². The summed E-state index contributed by atoms with van der Waals surface area (Å²) in [5.41, 5.74) is 2.66. The van der Waals surface area contributed by atoms with E-state index >= 15 is 0 Å². The van der Waals surface area contributed by atoms with Crippen LogP contribution >= 0.6 is 0 Å². The number of rotatable bonds is 1. The van der Waals surface area contributed by atoms with E-state index in [1.165, 1.54) is 11.6 Å². The van der Waals surface area contributed by atoms with E-state index in [9.17, 15) is 4.39 Å². The molecule has 0 aromatic heterocycles. The molecule has 0 spiro atoms. The van der Waals surface area contributed by atoms with Gasteiger partial charge in [0.1, 0.15) is 11.6 Å². The van der Waals surface area contributed by atoms with Gasteiger partial charge < -0.3 is 4.74 Å². The van der Waals surface area contributed by atoms with E-state index in [4.69, 9.17) is 4.74 Å². The largest absolute Gasteiger partial charge is 0.493 e. The molecule has 1 aliphatic rings. The third-order valence-electron chi connectivity index (χ3n) is 3.10. The maximum absolute atomic E-state index is 13.8. The molecule has 2 heteroatoms. The molecule has 0 unspecified atom stereocenters. The number of halogens is 1. The summed E-state index contributed by atoms with van der Waals surface area (Å²) in [5, 5.41) is 0. The normalized spacial score (nSPS) is 13.9. The Hall–Kier alpha value is -1.83. The lowest BCUT2D eigenvalue weighted by molar-refractivity contribution is 0.289. The number of aryl methyl sites for hydroxylation is 1. The van der Waals surface area contributed by atoms with Crippen LogP contribution in [0, 0.1) is 5.82 Å². The van der Waals surface area contributed by atoms with Gasteiger partial charge in [0.2, 0.25) is 0 Å². The smallest absolute Gasteiger partial charge is 0.131 e. The van der Waals surface area contributed by atoms with E-state index in [1.54, 1.807) is 12.1 Å². The van der Waals surface area contributed by atoms with Crippen LogP contribution in [0.1, 0.15) is 12.0 Å². The van der Waals surface area contributed by atoms with Crippen LogP contribution in [-0.4, -0.2) is 6.61 Å². The van der Waals surface area contributed by atoms with E-state index in [1.807, 2.05) is 18.2 Å². The Bertz CT molecular complexity index is 548. The summed E-state index contributed by atoms with van der Waals surface area (Å²) in [6.45, 7) is 0.721. The maximum Gasteiger partial charge on any atom is 0.131 e. The minimum Gasteiger partial charge on any atom is -0.493 e. The fourth-order valence-electron chi connectivity index (χ4n) is 2.28. The molecule has 2 aromatic rings. The van der Waals surface area contributed by atoms with Crippen LogP contribution in [-0.2, 0) is 6.42 Å². The Morgan fingerprint density at radius 1 is 0.941 bits per heavy atom. The summed E-state index contributed by atoms with van der Waals surface area (Å²) in [7, 11) is 0. The van der Waals surface area contributed by atoms with Gasteiger partial charge in [-0.25, -0.2) is 4.39 Å². The Balaban J connectivity index is 2.18. The van der Waals surface area contributed by atoms with Crippen LogP contribution in [0.15, 0.2) is 42.5 Å². The highest BCUT2D eigenvalue weighted by Crippen LogP contribution is 2.37. The zero-order chi connectivity index (χ0) is 11.7. The van der Waals surface area contributed by atoms with Crippen molar-refractivity contribution < 1.29 is 9.13 Å². The summed E-state index contributed by atoms with van der Waals surface area (Å²) in [6.07, 6.45) is 2.05. The van der Waals surface area contributed by atoms with Gasteiger partial charge in [0.15, 0.2) is 0 Å². The number of fused-ring (bicyclic) bond motifs is 1. The molecule has 86 valence electrons. The zero-order valence-electron chi connectivity index (χ0n) is 9.45. The number of hydrogen-bond donors (Lipinski definition) is 0. The third-order valence-corrected chi connectivity index (χ3v) is 3.10. The molecule has 2 aromatic carbocycles. The van der Waals surface area contributed by atoms with Crippen molar-refractivity contribution in [3.8, 4) is 16.9 Å². The third kappa shape index (κ3) is 1.80. The Kier molecular flexibility index (Phi) is 2.56. The van der Waals surface area contributed by atoms with Crippen LogP contribution in [0.2, 0.25) is 0 Å². The molecule has 1 heterocycles. The van der Waals surface area contributed by atoms with E-state index < -0.39 is 0 Å². The molecule has 0 atom stereocenters. The lowest BCUT2D eigenvalue weighted by Crippen LogP contribution is -2.09. The van der Waals surface area contributed by atoms with E-state index in [0.29, 0.717) is 5.56 Å². The monoisotopic (exact) mass is 228 g/mol. The quantitative estimate of drug-likeness (QED) is 0.721. The van der Waals surface area contributed by atoms with Crippen LogP contribution in [0.5, 0.6) is 5.75 Å². The molecule has 0 amide bonds. The van der Waals surface area contributed by atoms with Gasteiger partial charge in [0.25, 0.3) is 0 Å². The van der Waals surface area contributed by atoms with Crippen LogP contribution < -0.4 is 4.74 Å². The average molecular weight is 228 g/mol. The molecule has 17 heavy (non-hydrogen) atoms. The number of ether oxygens (including phenoxy) is 1. The molecule has 0 bridgehead atoms. The predicted molar refractivity (Wildman–Crippen MR) is 65.7 cm³/mol. The van der Waals surface area contributed by atoms with Crippen molar-refractivity contribution >= 4 is 0 Å². The highest BCUT2D eigenvalue weighted by molar-refractivity contribution is 5.72. The second kappa shape index (κ2) is 4.21. The van der Waals surface area contributed by atoms with Crippen molar-refractivity contribution in [3.05, 3.63) is 53.8 Å². The molecule has 0 fully saturated rings. The van der Waals surface area contributed by atoms with Gasteiger partial charge in [-0.05, 0) is 24.5 Å². The molecule has 0 saturated heterocycles. The second-order valence-corrected chi connectivity index (χ2v) is 4.23. The predicted octanol–water partition coefficient (Wildman–Crippen LogP) is 3.82. The first-order chi connectivity index (χ1) is 8.36. The summed E-state index contributed by atoms with van der Waals surface area (Å²) >= 11 is 0. The van der Waals surface area contributed by atoms with Crippen LogP contribution in [0.3, 0.4) is 0 Å². The SMILES string of the molecule is Fc1ccccc1-c1cccc2c1OCCC2. The zero-order valence-corrected chi connectivity index (χ0v) is 9.45.